The van der Waals surface area contributed by atoms with Gasteiger partial charge in [0, 0.05) is 43.6 Å². The van der Waals surface area contributed by atoms with Gasteiger partial charge in [-0.1, -0.05) is 30.1 Å². The number of carbonyl (C=O) groups is 1. The van der Waals surface area contributed by atoms with Gasteiger partial charge in [-0.15, -0.1) is 0 Å². The van der Waals surface area contributed by atoms with E-state index in [2.05, 4.69) is 26.8 Å². The SMILES string of the molecule is CCN1CC(n2cc(-n3cc(C(=O)O)c(=O)c4cc(Cl)c(N5CCCC5COc5ncccc5Cl)cc43)cn2)C1. The standard InChI is InChI=1S/C28H28Cl2N6O4/c1-2-33-12-19(13-33)36-14-18(11-32-36)35-15-21(28(38)39)26(37)20-9-23(30)25(10-24(20)35)34-8-4-5-17(34)16-40-27-22(29)6-3-7-31-27/h3,6-7,9-11,14-15,17,19H,2,4-5,8,12-13,16H2,1H3,(H,38,39). The summed E-state index contributed by atoms with van der Waals surface area (Å²) in [5, 5.41) is 15.4. The Kier molecular flexibility index (Phi) is 7.16. The molecule has 0 amide bonds. The number of nitrogens with zero attached hydrogens (tertiary/aromatic N) is 6. The summed E-state index contributed by atoms with van der Waals surface area (Å²) in [6, 6.07) is 7.16. The molecule has 1 atom stereocenters. The maximum absolute atomic E-state index is 13.2. The molecule has 3 aromatic heterocycles. The number of pyridine rings is 2. The lowest BCUT2D eigenvalue weighted by molar-refractivity contribution is 0.0695. The van der Waals surface area contributed by atoms with Gasteiger partial charge in [-0.3, -0.25) is 14.4 Å². The number of fused-ring (bicyclic) bond motifs is 1. The van der Waals surface area contributed by atoms with Crippen LogP contribution in [0.5, 0.6) is 5.88 Å². The largest absolute Gasteiger partial charge is 0.477 e. The van der Waals surface area contributed by atoms with Gasteiger partial charge in [0.25, 0.3) is 0 Å². The van der Waals surface area contributed by atoms with Crippen LogP contribution in [0, 0.1) is 0 Å². The Morgan fingerprint density at radius 2 is 2.02 bits per heavy atom. The molecule has 1 N–H and O–H groups in total. The average Bonchev–Trinajstić information content (AvgIpc) is 3.58. The van der Waals surface area contributed by atoms with Gasteiger partial charge in [0.15, 0.2) is 0 Å². The average molecular weight is 583 g/mol. The van der Waals surface area contributed by atoms with Crippen LogP contribution in [0.3, 0.4) is 0 Å². The molecule has 0 saturated carbocycles. The maximum Gasteiger partial charge on any atom is 0.341 e. The highest BCUT2D eigenvalue weighted by atomic mass is 35.5. The zero-order valence-corrected chi connectivity index (χ0v) is 23.3. The highest BCUT2D eigenvalue weighted by Crippen LogP contribution is 2.36. The summed E-state index contributed by atoms with van der Waals surface area (Å²) in [5.41, 5.74) is 1.06. The highest BCUT2D eigenvalue weighted by Gasteiger charge is 2.30. The lowest BCUT2D eigenvalue weighted by Gasteiger charge is -2.38. The number of aromatic nitrogens is 4. The number of hydrogen-bond donors (Lipinski definition) is 1. The molecule has 0 aliphatic carbocycles. The number of anilines is 1. The quantitative estimate of drug-likeness (QED) is 0.323. The second kappa shape index (κ2) is 10.8. The van der Waals surface area contributed by atoms with Crippen molar-refractivity contribution in [1.29, 1.82) is 0 Å². The molecular weight excluding hydrogens is 555 g/mol. The van der Waals surface area contributed by atoms with Gasteiger partial charge >= 0.3 is 5.97 Å². The first-order valence-electron chi connectivity index (χ1n) is 13.2. The van der Waals surface area contributed by atoms with E-state index < -0.39 is 11.4 Å². The molecule has 208 valence electrons. The molecule has 2 saturated heterocycles. The lowest BCUT2D eigenvalue weighted by Crippen LogP contribution is -2.47. The Morgan fingerprint density at radius 1 is 1.20 bits per heavy atom. The van der Waals surface area contributed by atoms with Crippen molar-refractivity contribution < 1.29 is 14.6 Å². The van der Waals surface area contributed by atoms with Gasteiger partial charge < -0.3 is 19.3 Å². The van der Waals surface area contributed by atoms with Gasteiger partial charge in [-0.2, -0.15) is 5.10 Å². The molecular formula is C28H28Cl2N6O4. The molecule has 6 rings (SSSR count). The summed E-state index contributed by atoms with van der Waals surface area (Å²) in [7, 11) is 0. The van der Waals surface area contributed by atoms with Crippen molar-refractivity contribution in [1.82, 2.24) is 24.2 Å². The third kappa shape index (κ3) is 4.80. The van der Waals surface area contributed by atoms with E-state index in [-0.39, 0.29) is 23.0 Å². The second-order valence-corrected chi connectivity index (χ2v) is 11.0. The predicted molar refractivity (Wildman–Crippen MR) is 154 cm³/mol. The lowest BCUT2D eigenvalue weighted by atomic mass is 10.1. The van der Waals surface area contributed by atoms with E-state index in [0.29, 0.717) is 33.7 Å². The van der Waals surface area contributed by atoms with E-state index in [4.69, 9.17) is 27.9 Å². The first-order chi connectivity index (χ1) is 19.3. The molecule has 5 heterocycles. The van der Waals surface area contributed by atoms with Crippen molar-refractivity contribution in [3.05, 3.63) is 74.9 Å². The van der Waals surface area contributed by atoms with E-state index in [1.807, 2.05) is 16.9 Å². The van der Waals surface area contributed by atoms with E-state index in [0.717, 1.165) is 44.7 Å². The number of aromatic carboxylic acids is 1. The van der Waals surface area contributed by atoms with Crippen molar-refractivity contribution in [3.63, 3.8) is 0 Å². The van der Waals surface area contributed by atoms with Crippen LogP contribution in [0.2, 0.25) is 10.0 Å². The highest BCUT2D eigenvalue weighted by molar-refractivity contribution is 6.34. The van der Waals surface area contributed by atoms with Crippen LogP contribution in [-0.4, -0.2) is 74.1 Å². The number of hydrogen-bond acceptors (Lipinski definition) is 7. The Morgan fingerprint density at radius 3 is 2.77 bits per heavy atom. The number of likely N-dealkylation sites (N-methyl/N-ethyl adjacent to an activating group) is 1. The first-order valence-corrected chi connectivity index (χ1v) is 14.0. The number of rotatable bonds is 8. The van der Waals surface area contributed by atoms with Gasteiger partial charge in [0.05, 0.1) is 40.2 Å². The predicted octanol–water partition coefficient (Wildman–Crippen LogP) is 4.51. The number of carboxylic acids is 1. The summed E-state index contributed by atoms with van der Waals surface area (Å²) in [6.45, 7) is 6.03. The number of carboxylic acid groups (broad SMARTS) is 1. The summed E-state index contributed by atoms with van der Waals surface area (Å²) in [5.74, 6) is -0.919. The number of ether oxygens (including phenoxy) is 1. The fourth-order valence-corrected chi connectivity index (χ4v) is 5.97. The minimum absolute atomic E-state index is 0.00867. The van der Waals surface area contributed by atoms with E-state index >= 15 is 0 Å². The molecule has 2 aliphatic rings. The van der Waals surface area contributed by atoms with Crippen molar-refractivity contribution in [3.8, 4) is 11.6 Å². The molecule has 12 heteroatoms. The normalized spacial score (nSPS) is 17.9. The molecule has 0 spiro atoms. The first kappa shape index (κ1) is 26.6. The van der Waals surface area contributed by atoms with Crippen molar-refractivity contribution in [2.45, 2.75) is 31.8 Å². The van der Waals surface area contributed by atoms with Crippen LogP contribution in [0.25, 0.3) is 16.6 Å². The maximum atomic E-state index is 13.2. The Hall–Kier alpha value is -3.60. The molecule has 0 bridgehead atoms. The summed E-state index contributed by atoms with van der Waals surface area (Å²) < 4.78 is 9.57. The minimum Gasteiger partial charge on any atom is -0.477 e. The fraction of sp³-hybridized carbons (Fsp3) is 0.357. The summed E-state index contributed by atoms with van der Waals surface area (Å²) in [4.78, 5) is 33.9. The fourth-order valence-electron chi connectivity index (χ4n) is 5.52. The third-order valence-electron chi connectivity index (χ3n) is 7.75. The molecule has 0 radical (unpaired) electrons. The van der Waals surface area contributed by atoms with E-state index in [9.17, 15) is 14.7 Å². The van der Waals surface area contributed by atoms with Crippen LogP contribution in [0.4, 0.5) is 5.69 Å². The molecule has 10 nitrogen and oxygen atoms in total. The molecule has 1 unspecified atom stereocenters. The number of halogens is 2. The molecule has 2 fully saturated rings. The van der Waals surface area contributed by atoms with Crippen LogP contribution < -0.4 is 15.1 Å². The van der Waals surface area contributed by atoms with E-state index in [1.165, 1.54) is 6.20 Å². The summed E-state index contributed by atoms with van der Waals surface area (Å²) in [6.07, 6.45) is 8.41. The van der Waals surface area contributed by atoms with Crippen LogP contribution >= 0.6 is 23.2 Å². The Bertz CT molecular complexity index is 1650. The van der Waals surface area contributed by atoms with Crippen molar-refractivity contribution >= 4 is 45.8 Å². The second-order valence-electron chi connectivity index (χ2n) is 10.1. The number of likely N-dealkylation sites (tertiary alicyclic amines) is 1. The zero-order valence-electron chi connectivity index (χ0n) is 21.8. The zero-order chi connectivity index (χ0) is 28.0. The van der Waals surface area contributed by atoms with Crippen molar-refractivity contribution in [2.75, 3.05) is 37.7 Å². The van der Waals surface area contributed by atoms with Gasteiger partial charge in [-0.05, 0) is 43.7 Å². The molecule has 40 heavy (non-hydrogen) atoms. The summed E-state index contributed by atoms with van der Waals surface area (Å²) >= 11 is 13.0. The number of benzene rings is 1. The van der Waals surface area contributed by atoms with Crippen LogP contribution in [0.1, 0.15) is 36.2 Å². The van der Waals surface area contributed by atoms with Gasteiger partial charge in [-0.25, -0.2) is 9.78 Å². The molecule has 1 aromatic carbocycles. The Balaban J connectivity index is 1.39. The third-order valence-corrected chi connectivity index (χ3v) is 8.34. The van der Waals surface area contributed by atoms with E-state index in [1.54, 1.807) is 35.2 Å². The van der Waals surface area contributed by atoms with Crippen molar-refractivity contribution in [2.24, 2.45) is 0 Å². The van der Waals surface area contributed by atoms with Crippen LogP contribution in [0.15, 0.2) is 53.8 Å². The van der Waals surface area contributed by atoms with Crippen LogP contribution in [-0.2, 0) is 0 Å². The topological polar surface area (TPSA) is 106 Å². The van der Waals surface area contributed by atoms with Gasteiger partial charge in [0.2, 0.25) is 11.3 Å². The molecule has 4 aromatic rings. The minimum atomic E-state index is -1.30. The van der Waals surface area contributed by atoms with Gasteiger partial charge in [0.1, 0.15) is 17.2 Å². The monoisotopic (exact) mass is 582 g/mol. The molecule has 2 aliphatic heterocycles. The smallest absolute Gasteiger partial charge is 0.341 e. The Labute approximate surface area is 240 Å².